The Morgan fingerprint density at radius 2 is 1.63 bits per heavy atom. The summed E-state index contributed by atoms with van der Waals surface area (Å²) < 4.78 is 0. The van der Waals surface area contributed by atoms with Crippen molar-refractivity contribution in [1.29, 1.82) is 0 Å². The van der Waals surface area contributed by atoms with Crippen LogP contribution in [-0.2, 0) is 6.54 Å². The van der Waals surface area contributed by atoms with Crippen molar-refractivity contribution in [1.82, 2.24) is 9.80 Å². The summed E-state index contributed by atoms with van der Waals surface area (Å²) in [4.78, 5) is 42.6. The molecule has 5 rings (SSSR count). The highest BCUT2D eigenvalue weighted by atomic mass is 32.1. The zero-order valence-electron chi connectivity index (χ0n) is 16.3. The van der Waals surface area contributed by atoms with Crippen LogP contribution >= 0.6 is 11.3 Å². The van der Waals surface area contributed by atoms with Gasteiger partial charge in [-0.25, -0.2) is 0 Å². The molecular formula is C24H20N2O3S. The molecule has 2 aromatic carbocycles. The Bertz CT molecular complexity index is 1090. The van der Waals surface area contributed by atoms with E-state index >= 15 is 0 Å². The normalized spacial score (nSPS) is 18.2. The fourth-order valence-corrected chi connectivity index (χ4v) is 5.14. The molecule has 0 saturated carbocycles. The molecule has 0 aliphatic carbocycles. The number of hydrogen-bond donors (Lipinski definition) is 0. The summed E-state index contributed by atoms with van der Waals surface area (Å²) >= 11 is 1.69. The van der Waals surface area contributed by atoms with Gasteiger partial charge in [0, 0.05) is 17.0 Å². The third-order valence-corrected chi connectivity index (χ3v) is 6.78. The molecule has 1 aromatic heterocycles. The highest BCUT2D eigenvalue weighted by molar-refractivity contribution is 7.10. The summed E-state index contributed by atoms with van der Waals surface area (Å²) in [6, 6.07) is 18.4. The van der Waals surface area contributed by atoms with Gasteiger partial charge in [-0.2, -0.15) is 0 Å². The van der Waals surface area contributed by atoms with Crippen molar-refractivity contribution in [2.75, 3.05) is 6.54 Å². The summed E-state index contributed by atoms with van der Waals surface area (Å²) in [5, 5.41) is 2.05. The second-order valence-corrected chi connectivity index (χ2v) is 8.59. The lowest BCUT2D eigenvalue weighted by atomic mass is 10.1. The lowest BCUT2D eigenvalue weighted by Gasteiger charge is -2.24. The van der Waals surface area contributed by atoms with Crippen molar-refractivity contribution in [3.63, 3.8) is 0 Å². The van der Waals surface area contributed by atoms with E-state index in [4.69, 9.17) is 0 Å². The van der Waals surface area contributed by atoms with Gasteiger partial charge in [0.05, 0.1) is 23.7 Å². The van der Waals surface area contributed by atoms with Gasteiger partial charge in [-0.05, 0) is 54.1 Å². The number of nitrogens with zero attached hydrogens (tertiary/aromatic N) is 2. The zero-order valence-corrected chi connectivity index (χ0v) is 17.1. The molecule has 150 valence electrons. The van der Waals surface area contributed by atoms with Crippen LogP contribution in [-0.4, -0.2) is 34.1 Å². The van der Waals surface area contributed by atoms with Crippen molar-refractivity contribution >= 4 is 29.1 Å². The van der Waals surface area contributed by atoms with Crippen LogP contribution in [0.1, 0.15) is 60.4 Å². The number of amides is 3. The van der Waals surface area contributed by atoms with E-state index in [0.29, 0.717) is 16.7 Å². The van der Waals surface area contributed by atoms with Gasteiger partial charge in [0.25, 0.3) is 17.7 Å². The molecule has 2 aliphatic heterocycles. The average Bonchev–Trinajstić information content (AvgIpc) is 3.51. The SMILES string of the molecule is O=C1c2ccccc2C(=O)N1Cc1ccc(C(=O)N2CCCC2c2cccs2)cc1. The van der Waals surface area contributed by atoms with Gasteiger partial charge < -0.3 is 4.90 Å². The molecule has 3 aromatic rings. The Morgan fingerprint density at radius 1 is 0.933 bits per heavy atom. The van der Waals surface area contributed by atoms with E-state index in [-0.39, 0.29) is 30.3 Å². The first-order valence-electron chi connectivity index (χ1n) is 10.0. The average molecular weight is 417 g/mol. The maximum Gasteiger partial charge on any atom is 0.261 e. The third-order valence-electron chi connectivity index (χ3n) is 5.81. The molecular weight excluding hydrogens is 396 g/mol. The Labute approximate surface area is 178 Å². The molecule has 6 heteroatoms. The molecule has 0 spiro atoms. The lowest BCUT2D eigenvalue weighted by molar-refractivity contribution is 0.0640. The van der Waals surface area contributed by atoms with Crippen molar-refractivity contribution < 1.29 is 14.4 Å². The number of likely N-dealkylation sites (tertiary alicyclic amines) is 1. The van der Waals surface area contributed by atoms with Crippen LogP contribution in [0.5, 0.6) is 0 Å². The molecule has 3 heterocycles. The van der Waals surface area contributed by atoms with Crippen LogP contribution in [0.4, 0.5) is 0 Å². The standard InChI is InChI=1S/C24H20N2O3S/c27-22(25-13-3-7-20(25)21-8-4-14-30-21)17-11-9-16(10-12-17)15-26-23(28)18-5-1-2-6-19(18)24(26)29/h1-2,4-6,8-12,14,20H,3,7,13,15H2. The zero-order chi connectivity index (χ0) is 20.7. The number of benzene rings is 2. The molecule has 1 saturated heterocycles. The molecule has 2 aliphatic rings. The fourth-order valence-electron chi connectivity index (χ4n) is 4.27. The van der Waals surface area contributed by atoms with Crippen LogP contribution in [0.15, 0.2) is 66.0 Å². The van der Waals surface area contributed by atoms with E-state index in [9.17, 15) is 14.4 Å². The highest BCUT2D eigenvalue weighted by Gasteiger charge is 2.35. The van der Waals surface area contributed by atoms with Gasteiger partial charge in [-0.1, -0.05) is 30.3 Å². The maximum absolute atomic E-state index is 13.1. The van der Waals surface area contributed by atoms with Crippen LogP contribution < -0.4 is 0 Å². The van der Waals surface area contributed by atoms with E-state index < -0.39 is 0 Å². The van der Waals surface area contributed by atoms with E-state index in [0.717, 1.165) is 24.9 Å². The molecule has 30 heavy (non-hydrogen) atoms. The van der Waals surface area contributed by atoms with Crippen molar-refractivity contribution in [2.24, 2.45) is 0 Å². The summed E-state index contributed by atoms with van der Waals surface area (Å²) in [5.41, 5.74) is 2.34. The maximum atomic E-state index is 13.1. The predicted molar refractivity (Wildman–Crippen MR) is 114 cm³/mol. The van der Waals surface area contributed by atoms with Crippen LogP contribution in [0.2, 0.25) is 0 Å². The molecule has 1 unspecified atom stereocenters. The molecule has 3 amide bonds. The number of fused-ring (bicyclic) bond motifs is 1. The van der Waals surface area contributed by atoms with Crippen LogP contribution in [0.3, 0.4) is 0 Å². The van der Waals surface area contributed by atoms with Gasteiger partial charge in [-0.15, -0.1) is 11.3 Å². The number of carbonyl (C=O) groups excluding carboxylic acids is 3. The third kappa shape index (κ3) is 3.13. The Kier molecular flexibility index (Phi) is 4.71. The number of thiophene rings is 1. The van der Waals surface area contributed by atoms with Crippen molar-refractivity contribution in [3.8, 4) is 0 Å². The highest BCUT2D eigenvalue weighted by Crippen LogP contribution is 2.35. The monoisotopic (exact) mass is 416 g/mol. The number of imide groups is 1. The second-order valence-electron chi connectivity index (χ2n) is 7.61. The molecule has 1 fully saturated rings. The summed E-state index contributed by atoms with van der Waals surface area (Å²) in [6.45, 7) is 0.959. The lowest BCUT2D eigenvalue weighted by Crippen LogP contribution is -2.30. The molecule has 0 N–H and O–H groups in total. The van der Waals surface area contributed by atoms with Gasteiger partial charge in [0.15, 0.2) is 0 Å². The quantitative estimate of drug-likeness (QED) is 0.588. The van der Waals surface area contributed by atoms with E-state index in [1.807, 2.05) is 28.5 Å². The summed E-state index contributed by atoms with van der Waals surface area (Å²) in [7, 11) is 0. The minimum atomic E-state index is -0.272. The Balaban J connectivity index is 1.31. The first-order valence-corrected chi connectivity index (χ1v) is 10.9. The molecule has 0 bridgehead atoms. The van der Waals surface area contributed by atoms with E-state index in [1.54, 1.807) is 47.7 Å². The minimum absolute atomic E-state index is 0.0261. The van der Waals surface area contributed by atoms with Gasteiger partial charge in [0.1, 0.15) is 0 Å². The fraction of sp³-hybridized carbons (Fsp3) is 0.208. The number of carbonyl (C=O) groups is 3. The first-order chi connectivity index (χ1) is 14.6. The largest absolute Gasteiger partial charge is 0.331 e. The van der Waals surface area contributed by atoms with Crippen LogP contribution in [0, 0.1) is 0 Å². The van der Waals surface area contributed by atoms with E-state index in [2.05, 4.69) is 6.07 Å². The number of rotatable bonds is 4. The van der Waals surface area contributed by atoms with Crippen molar-refractivity contribution in [3.05, 3.63) is 93.2 Å². The molecule has 0 radical (unpaired) electrons. The summed E-state index contributed by atoms with van der Waals surface area (Å²) in [5.74, 6) is -0.517. The number of hydrogen-bond acceptors (Lipinski definition) is 4. The summed E-state index contributed by atoms with van der Waals surface area (Å²) in [6.07, 6.45) is 2.00. The minimum Gasteiger partial charge on any atom is -0.331 e. The first kappa shape index (κ1) is 18.8. The smallest absolute Gasteiger partial charge is 0.261 e. The predicted octanol–water partition coefficient (Wildman–Crippen LogP) is 4.52. The van der Waals surface area contributed by atoms with E-state index in [1.165, 1.54) is 9.78 Å². The van der Waals surface area contributed by atoms with Crippen molar-refractivity contribution in [2.45, 2.75) is 25.4 Å². The van der Waals surface area contributed by atoms with Crippen LogP contribution in [0.25, 0.3) is 0 Å². The van der Waals surface area contributed by atoms with Gasteiger partial charge in [0.2, 0.25) is 0 Å². The van der Waals surface area contributed by atoms with Gasteiger partial charge >= 0.3 is 0 Å². The Morgan fingerprint density at radius 3 is 2.27 bits per heavy atom. The second kappa shape index (κ2) is 7.54. The van der Waals surface area contributed by atoms with Gasteiger partial charge in [-0.3, -0.25) is 19.3 Å². The molecule has 5 nitrogen and oxygen atoms in total. The topological polar surface area (TPSA) is 57.7 Å². The molecule has 1 atom stereocenters. The Hall–Kier alpha value is -3.25.